The summed E-state index contributed by atoms with van der Waals surface area (Å²) in [6.45, 7) is 5.34. The van der Waals surface area contributed by atoms with Gasteiger partial charge in [0.2, 0.25) is 0 Å². The predicted molar refractivity (Wildman–Crippen MR) is 70.6 cm³/mol. The minimum atomic E-state index is 0.590. The smallest absolute Gasteiger partial charge is 0.118 e. The maximum atomic E-state index is 5.15. The first-order valence-electron chi connectivity index (χ1n) is 5.97. The third-order valence-corrected chi connectivity index (χ3v) is 2.96. The quantitative estimate of drug-likeness (QED) is 0.780. The first-order valence-corrected chi connectivity index (χ1v) is 5.97. The molecule has 1 heterocycles. The molecule has 17 heavy (non-hydrogen) atoms. The van der Waals surface area contributed by atoms with Crippen molar-refractivity contribution in [1.82, 2.24) is 4.57 Å². The van der Waals surface area contributed by atoms with E-state index in [4.69, 9.17) is 4.74 Å². The number of benzene rings is 1. The van der Waals surface area contributed by atoms with Crippen molar-refractivity contribution in [1.29, 1.82) is 0 Å². The summed E-state index contributed by atoms with van der Waals surface area (Å²) in [5.74, 6) is 1.50. The second kappa shape index (κ2) is 5.09. The fraction of sp³-hybridized carbons (Fsp3) is 0.333. The fourth-order valence-corrected chi connectivity index (χ4v) is 1.84. The zero-order valence-corrected chi connectivity index (χ0v) is 10.7. The number of aromatic nitrogens is 1. The van der Waals surface area contributed by atoms with E-state index in [0.717, 1.165) is 12.3 Å². The molecule has 1 aromatic carbocycles. The summed E-state index contributed by atoms with van der Waals surface area (Å²) in [4.78, 5) is 0. The molecule has 0 saturated heterocycles. The molecule has 0 aliphatic rings. The Morgan fingerprint density at radius 2 is 1.82 bits per heavy atom. The molecular weight excluding hydrogens is 210 g/mol. The molecule has 0 bridgehead atoms. The van der Waals surface area contributed by atoms with Gasteiger partial charge in [-0.2, -0.15) is 0 Å². The van der Waals surface area contributed by atoms with Crippen molar-refractivity contribution in [3.63, 3.8) is 0 Å². The van der Waals surface area contributed by atoms with Gasteiger partial charge in [-0.15, -0.1) is 0 Å². The van der Waals surface area contributed by atoms with Gasteiger partial charge in [-0.25, -0.2) is 0 Å². The molecule has 0 aliphatic heterocycles. The molecule has 2 aromatic rings. The lowest BCUT2D eigenvalue weighted by Crippen LogP contribution is -1.96. The van der Waals surface area contributed by atoms with Crippen LogP contribution in [0.15, 0.2) is 42.7 Å². The zero-order valence-electron chi connectivity index (χ0n) is 10.7. The van der Waals surface area contributed by atoms with E-state index in [1.165, 1.54) is 11.1 Å². The van der Waals surface area contributed by atoms with Crippen LogP contribution in [0.3, 0.4) is 0 Å². The minimum absolute atomic E-state index is 0.590. The third kappa shape index (κ3) is 2.90. The number of hydrogen-bond donors (Lipinski definition) is 0. The summed E-state index contributed by atoms with van der Waals surface area (Å²) in [6, 6.07) is 10.4. The van der Waals surface area contributed by atoms with Crippen molar-refractivity contribution in [2.24, 2.45) is 0 Å². The monoisotopic (exact) mass is 229 g/mol. The molecule has 0 fully saturated rings. The highest BCUT2D eigenvalue weighted by Crippen LogP contribution is 2.16. The van der Waals surface area contributed by atoms with Gasteiger partial charge in [0, 0.05) is 18.9 Å². The lowest BCUT2D eigenvalue weighted by molar-refractivity contribution is 0.414. The normalized spacial score (nSPS) is 10.8. The Morgan fingerprint density at radius 3 is 2.35 bits per heavy atom. The maximum absolute atomic E-state index is 5.15. The van der Waals surface area contributed by atoms with E-state index in [1.807, 2.05) is 12.1 Å². The van der Waals surface area contributed by atoms with E-state index in [-0.39, 0.29) is 0 Å². The van der Waals surface area contributed by atoms with Gasteiger partial charge in [0.25, 0.3) is 0 Å². The average molecular weight is 229 g/mol. The highest BCUT2D eigenvalue weighted by atomic mass is 16.5. The second-order valence-corrected chi connectivity index (χ2v) is 4.62. The summed E-state index contributed by atoms with van der Waals surface area (Å²) in [5.41, 5.74) is 2.68. The summed E-state index contributed by atoms with van der Waals surface area (Å²) in [7, 11) is 1.69. The van der Waals surface area contributed by atoms with Gasteiger partial charge >= 0.3 is 0 Å². The second-order valence-electron chi connectivity index (χ2n) is 4.62. The van der Waals surface area contributed by atoms with Gasteiger partial charge in [-0.05, 0) is 35.2 Å². The van der Waals surface area contributed by atoms with E-state index < -0.39 is 0 Å². The van der Waals surface area contributed by atoms with Crippen LogP contribution in [0.5, 0.6) is 5.75 Å². The Bertz CT molecular complexity index is 468. The molecule has 0 saturated carbocycles. The van der Waals surface area contributed by atoms with E-state index in [0.29, 0.717) is 5.92 Å². The van der Waals surface area contributed by atoms with Crippen LogP contribution < -0.4 is 4.74 Å². The molecular formula is C15H19NO. The number of hydrogen-bond acceptors (Lipinski definition) is 1. The van der Waals surface area contributed by atoms with Crippen LogP contribution >= 0.6 is 0 Å². The number of nitrogens with zero attached hydrogens (tertiary/aromatic N) is 1. The summed E-state index contributed by atoms with van der Waals surface area (Å²) in [5, 5.41) is 0. The van der Waals surface area contributed by atoms with Gasteiger partial charge in [0.1, 0.15) is 5.75 Å². The standard InChI is InChI=1S/C15H19NO/c1-12(2)14-8-9-16(11-14)10-13-4-6-15(17-3)7-5-13/h4-9,11-12H,10H2,1-3H3. The molecule has 0 N–H and O–H groups in total. The van der Waals surface area contributed by atoms with Gasteiger partial charge in [-0.3, -0.25) is 0 Å². The van der Waals surface area contributed by atoms with E-state index >= 15 is 0 Å². The van der Waals surface area contributed by atoms with Crippen molar-refractivity contribution in [2.75, 3.05) is 7.11 Å². The molecule has 90 valence electrons. The highest BCUT2D eigenvalue weighted by molar-refractivity contribution is 5.27. The van der Waals surface area contributed by atoms with Gasteiger partial charge in [-0.1, -0.05) is 26.0 Å². The highest BCUT2D eigenvalue weighted by Gasteiger charge is 2.02. The first kappa shape index (κ1) is 11.8. The van der Waals surface area contributed by atoms with Crippen molar-refractivity contribution in [3.05, 3.63) is 53.9 Å². The van der Waals surface area contributed by atoms with Gasteiger partial charge in [0.15, 0.2) is 0 Å². The SMILES string of the molecule is COc1ccc(Cn2ccc(C(C)C)c2)cc1. The summed E-state index contributed by atoms with van der Waals surface area (Å²) < 4.78 is 7.37. The van der Waals surface area contributed by atoms with Crippen LogP contribution in [-0.4, -0.2) is 11.7 Å². The Kier molecular flexibility index (Phi) is 3.52. The molecule has 0 atom stereocenters. The van der Waals surface area contributed by atoms with Gasteiger partial charge < -0.3 is 9.30 Å². The summed E-state index contributed by atoms with van der Waals surface area (Å²) in [6.07, 6.45) is 4.36. The Labute approximate surface area is 103 Å². The number of rotatable bonds is 4. The molecule has 0 spiro atoms. The molecule has 2 nitrogen and oxygen atoms in total. The van der Waals surface area contributed by atoms with Crippen molar-refractivity contribution >= 4 is 0 Å². The number of methoxy groups -OCH3 is 1. The molecule has 1 aromatic heterocycles. The first-order chi connectivity index (χ1) is 8.19. The predicted octanol–water partition coefficient (Wildman–Crippen LogP) is 3.67. The van der Waals surface area contributed by atoms with Crippen LogP contribution in [0.4, 0.5) is 0 Å². The molecule has 2 rings (SSSR count). The average Bonchev–Trinajstić information content (AvgIpc) is 2.79. The molecule has 0 amide bonds. The van der Waals surface area contributed by atoms with E-state index in [9.17, 15) is 0 Å². The molecule has 2 heteroatoms. The van der Waals surface area contributed by atoms with Crippen molar-refractivity contribution in [2.45, 2.75) is 26.3 Å². The van der Waals surface area contributed by atoms with E-state index in [2.05, 4.69) is 49.0 Å². The van der Waals surface area contributed by atoms with Crippen LogP contribution in [0.1, 0.15) is 30.9 Å². The Balaban J connectivity index is 2.08. The van der Waals surface area contributed by atoms with Crippen LogP contribution in [-0.2, 0) is 6.54 Å². The molecule has 0 aliphatic carbocycles. The largest absolute Gasteiger partial charge is 0.497 e. The topological polar surface area (TPSA) is 14.2 Å². The minimum Gasteiger partial charge on any atom is -0.497 e. The lowest BCUT2D eigenvalue weighted by Gasteiger charge is -2.05. The van der Waals surface area contributed by atoms with Crippen LogP contribution in [0.25, 0.3) is 0 Å². The third-order valence-electron chi connectivity index (χ3n) is 2.96. The maximum Gasteiger partial charge on any atom is 0.118 e. The molecule has 0 unspecified atom stereocenters. The van der Waals surface area contributed by atoms with Gasteiger partial charge in [0.05, 0.1) is 7.11 Å². The van der Waals surface area contributed by atoms with Crippen molar-refractivity contribution < 1.29 is 4.74 Å². The van der Waals surface area contributed by atoms with E-state index in [1.54, 1.807) is 7.11 Å². The Morgan fingerprint density at radius 1 is 1.12 bits per heavy atom. The van der Waals surface area contributed by atoms with Crippen LogP contribution in [0, 0.1) is 0 Å². The Hall–Kier alpha value is -1.70. The van der Waals surface area contributed by atoms with Crippen LogP contribution in [0.2, 0.25) is 0 Å². The lowest BCUT2D eigenvalue weighted by atomic mass is 10.1. The number of ether oxygens (including phenoxy) is 1. The fourth-order valence-electron chi connectivity index (χ4n) is 1.84. The zero-order chi connectivity index (χ0) is 12.3. The molecule has 0 radical (unpaired) electrons. The summed E-state index contributed by atoms with van der Waals surface area (Å²) >= 11 is 0. The van der Waals surface area contributed by atoms with Crippen molar-refractivity contribution in [3.8, 4) is 5.75 Å².